The summed E-state index contributed by atoms with van der Waals surface area (Å²) in [5, 5.41) is 3.89. The lowest BCUT2D eigenvalue weighted by atomic mass is 9.55. The van der Waals surface area contributed by atoms with Crippen molar-refractivity contribution in [2.45, 2.75) is 83.4 Å². The summed E-state index contributed by atoms with van der Waals surface area (Å²) in [5.41, 5.74) is 0.477. The summed E-state index contributed by atoms with van der Waals surface area (Å²) in [5.74, 6) is 0. The molecule has 3 fully saturated rings. The third kappa shape index (κ3) is 3.30. The van der Waals surface area contributed by atoms with Gasteiger partial charge in [-0.3, -0.25) is 4.90 Å². The van der Waals surface area contributed by atoms with Gasteiger partial charge in [0.15, 0.2) is 0 Å². The van der Waals surface area contributed by atoms with Gasteiger partial charge < -0.3 is 10.1 Å². The predicted octanol–water partition coefficient (Wildman–Crippen LogP) is 3.19. The summed E-state index contributed by atoms with van der Waals surface area (Å²) in [7, 11) is 0. The van der Waals surface area contributed by atoms with E-state index in [0.717, 1.165) is 19.2 Å². The number of ether oxygens (including phenoxy) is 1. The van der Waals surface area contributed by atoms with Crippen molar-refractivity contribution < 1.29 is 4.74 Å². The summed E-state index contributed by atoms with van der Waals surface area (Å²) in [6.45, 7) is 8.93. The van der Waals surface area contributed by atoms with Gasteiger partial charge in [-0.2, -0.15) is 0 Å². The quantitative estimate of drug-likeness (QED) is 0.744. The topological polar surface area (TPSA) is 24.5 Å². The van der Waals surface area contributed by atoms with Gasteiger partial charge in [0.2, 0.25) is 0 Å². The fraction of sp³-hybridized carbons (Fsp3) is 1.00. The van der Waals surface area contributed by atoms with Crippen LogP contribution < -0.4 is 5.32 Å². The summed E-state index contributed by atoms with van der Waals surface area (Å²) in [6.07, 6.45) is 11.6. The van der Waals surface area contributed by atoms with E-state index < -0.39 is 0 Å². The molecule has 0 bridgehead atoms. The molecule has 3 heteroatoms. The first-order valence-electron chi connectivity index (χ1n) is 9.39. The maximum Gasteiger partial charge on any atom is 0.0661 e. The molecular formula is C18H34N2O. The Hall–Kier alpha value is -0.120. The number of hydrogen-bond acceptors (Lipinski definition) is 3. The molecule has 0 saturated heterocycles. The summed E-state index contributed by atoms with van der Waals surface area (Å²) in [4.78, 5) is 2.65. The van der Waals surface area contributed by atoms with Crippen molar-refractivity contribution in [3.8, 4) is 0 Å². The maximum absolute atomic E-state index is 6.05. The van der Waals surface area contributed by atoms with E-state index in [9.17, 15) is 0 Å². The van der Waals surface area contributed by atoms with Crippen molar-refractivity contribution in [3.05, 3.63) is 0 Å². The maximum atomic E-state index is 6.05. The molecule has 3 aliphatic rings. The Kier molecular flexibility index (Phi) is 5.23. The zero-order chi connectivity index (χ0) is 14.7. The van der Waals surface area contributed by atoms with E-state index in [0.29, 0.717) is 17.6 Å². The van der Waals surface area contributed by atoms with E-state index in [1.54, 1.807) is 0 Å². The number of likely N-dealkylation sites (N-methyl/N-ethyl adjacent to an activating group) is 1. The highest BCUT2D eigenvalue weighted by Crippen LogP contribution is 2.53. The minimum Gasteiger partial charge on any atom is -0.378 e. The van der Waals surface area contributed by atoms with E-state index >= 15 is 0 Å². The number of nitrogens with one attached hydrogen (secondary N) is 1. The number of hydrogen-bond donors (Lipinski definition) is 1. The zero-order valence-electron chi connectivity index (χ0n) is 14.1. The molecule has 3 saturated carbocycles. The van der Waals surface area contributed by atoms with Gasteiger partial charge in [0, 0.05) is 37.2 Å². The smallest absolute Gasteiger partial charge is 0.0661 e. The highest BCUT2D eigenvalue weighted by Gasteiger charge is 2.55. The third-order valence-electron chi connectivity index (χ3n) is 6.20. The van der Waals surface area contributed by atoms with E-state index in [1.165, 1.54) is 64.5 Å². The van der Waals surface area contributed by atoms with Crippen LogP contribution in [0.2, 0.25) is 0 Å². The molecule has 0 aromatic rings. The molecule has 3 rings (SSSR count). The molecular weight excluding hydrogens is 260 g/mol. The lowest BCUT2D eigenvalue weighted by Gasteiger charge is -2.58. The van der Waals surface area contributed by atoms with E-state index in [2.05, 4.69) is 24.1 Å². The van der Waals surface area contributed by atoms with Crippen LogP contribution in [0.1, 0.15) is 65.2 Å². The van der Waals surface area contributed by atoms with Crippen molar-refractivity contribution in [1.82, 2.24) is 10.2 Å². The largest absolute Gasteiger partial charge is 0.378 e. The fourth-order valence-electron chi connectivity index (χ4n) is 4.77. The van der Waals surface area contributed by atoms with Crippen LogP contribution >= 0.6 is 0 Å². The molecule has 21 heavy (non-hydrogen) atoms. The third-order valence-corrected chi connectivity index (χ3v) is 6.20. The normalized spacial score (nSPS) is 31.6. The molecule has 0 aliphatic heterocycles. The summed E-state index contributed by atoms with van der Waals surface area (Å²) < 4.78 is 6.05. The summed E-state index contributed by atoms with van der Waals surface area (Å²) in [6, 6.07) is 1.62. The zero-order valence-corrected chi connectivity index (χ0v) is 14.1. The molecule has 3 aliphatic carbocycles. The van der Waals surface area contributed by atoms with Gasteiger partial charge in [0.25, 0.3) is 0 Å². The van der Waals surface area contributed by atoms with Crippen molar-refractivity contribution >= 4 is 0 Å². The minimum absolute atomic E-state index is 0.477. The highest BCUT2D eigenvalue weighted by atomic mass is 16.5. The molecule has 0 aromatic heterocycles. The summed E-state index contributed by atoms with van der Waals surface area (Å²) >= 11 is 0. The molecule has 122 valence electrons. The predicted molar refractivity (Wildman–Crippen MR) is 87.6 cm³/mol. The van der Waals surface area contributed by atoms with Crippen molar-refractivity contribution in [1.29, 1.82) is 0 Å². The monoisotopic (exact) mass is 294 g/mol. The van der Waals surface area contributed by atoms with Crippen LogP contribution in [0.15, 0.2) is 0 Å². The van der Waals surface area contributed by atoms with Gasteiger partial charge in [-0.05, 0) is 45.6 Å². The van der Waals surface area contributed by atoms with Gasteiger partial charge in [-0.25, -0.2) is 0 Å². The average Bonchev–Trinajstić information content (AvgIpc) is 3.35. The van der Waals surface area contributed by atoms with Crippen LogP contribution in [0, 0.1) is 5.41 Å². The second-order valence-corrected chi connectivity index (χ2v) is 7.34. The second kappa shape index (κ2) is 6.97. The second-order valence-electron chi connectivity index (χ2n) is 7.34. The average molecular weight is 294 g/mol. The Bertz CT molecular complexity index is 323. The van der Waals surface area contributed by atoms with Crippen LogP contribution in [-0.4, -0.2) is 49.3 Å². The van der Waals surface area contributed by atoms with Crippen LogP contribution in [0.4, 0.5) is 0 Å². The first-order valence-corrected chi connectivity index (χ1v) is 9.39. The van der Waals surface area contributed by atoms with Gasteiger partial charge in [0.05, 0.1) is 6.10 Å². The molecule has 2 unspecified atom stereocenters. The lowest BCUT2D eigenvalue weighted by Crippen LogP contribution is -2.65. The molecule has 3 nitrogen and oxygen atoms in total. The van der Waals surface area contributed by atoms with E-state index in [1.807, 2.05) is 0 Å². The number of nitrogens with zero attached hydrogens (tertiary/aromatic N) is 1. The molecule has 1 N–H and O–H groups in total. The highest BCUT2D eigenvalue weighted by molar-refractivity contribution is 5.09. The molecule has 0 amide bonds. The van der Waals surface area contributed by atoms with Gasteiger partial charge in [-0.15, -0.1) is 0 Å². The van der Waals surface area contributed by atoms with Crippen LogP contribution in [-0.2, 0) is 4.74 Å². The van der Waals surface area contributed by atoms with Crippen LogP contribution in [0.25, 0.3) is 0 Å². The van der Waals surface area contributed by atoms with Gasteiger partial charge in [0.1, 0.15) is 0 Å². The minimum atomic E-state index is 0.477. The molecule has 0 aromatic carbocycles. The van der Waals surface area contributed by atoms with Crippen molar-refractivity contribution in [2.24, 2.45) is 5.41 Å². The Morgan fingerprint density at radius 2 is 1.90 bits per heavy atom. The first kappa shape index (κ1) is 15.8. The molecule has 1 spiro atoms. The Labute approximate surface area is 130 Å². The fourth-order valence-corrected chi connectivity index (χ4v) is 4.77. The molecule has 0 heterocycles. The Morgan fingerprint density at radius 3 is 2.52 bits per heavy atom. The van der Waals surface area contributed by atoms with Crippen molar-refractivity contribution in [3.63, 3.8) is 0 Å². The standard InChI is InChI=1S/C18H34N2O/c1-3-20(15-8-9-15)13-12-19-16-14-17(21-4-2)18(16)10-6-5-7-11-18/h15-17,19H,3-14H2,1-2H3. The molecule has 2 atom stereocenters. The van der Waals surface area contributed by atoms with E-state index in [4.69, 9.17) is 4.74 Å². The van der Waals surface area contributed by atoms with E-state index in [-0.39, 0.29) is 0 Å². The van der Waals surface area contributed by atoms with Crippen LogP contribution in [0.5, 0.6) is 0 Å². The molecule has 0 radical (unpaired) electrons. The first-order chi connectivity index (χ1) is 10.3. The lowest BCUT2D eigenvalue weighted by molar-refractivity contribution is -0.150. The Morgan fingerprint density at radius 1 is 1.14 bits per heavy atom. The SMILES string of the molecule is CCOC1CC(NCCN(CC)C2CC2)C12CCCCC2. The Balaban J connectivity index is 1.48. The number of rotatable bonds is 8. The van der Waals surface area contributed by atoms with Gasteiger partial charge in [-0.1, -0.05) is 26.2 Å². The van der Waals surface area contributed by atoms with Crippen LogP contribution in [0.3, 0.4) is 0 Å². The van der Waals surface area contributed by atoms with Gasteiger partial charge >= 0.3 is 0 Å². The van der Waals surface area contributed by atoms with Crippen molar-refractivity contribution in [2.75, 3.05) is 26.2 Å².